The summed E-state index contributed by atoms with van der Waals surface area (Å²) in [4.78, 5) is 14.7. The van der Waals surface area contributed by atoms with E-state index in [0.717, 1.165) is 6.20 Å². The number of halogens is 3. The maximum Gasteiger partial charge on any atom is 0.268 e. The van der Waals surface area contributed by atoms with Crippen LogP contribution in [0.3, 0.4) is 0 Å². The summed E-state index contributed by atoms with van der Waals surface area (Å²) >= 11 is 5.22. The molecule has 1 rings (SSSR count). The van der Waals surface area contributed by atoms with Crippen LogP contribution in [-0.4, -0.2) is 17.3 Å². The monoisotopic (exact) mass is 235 g/mol. The van der Waals surface area contributed by atoms with Crippen molar-refractivity contribution in [1.82, 2.24) is 4.98 Å². The maximum absolute atomic E-state index is 12.7. The second-order valence-corrected chi connectivity index (χ2v) is 3.12. The Labute approximate surface area is 90.0 Å². The minimum atomic E-state index is -2.83. The van der Waals surface area contributed by atoms with Gasteiger partial charge >= 0.3 is 0 Å². The summed E-state index contributed by atoms with van der Waals surface area (Å²) in [6, 6.07) is 0. The number of carbonyl (C=O) groups excluding carboxylic acids is 1. The number of hydrogen-bond acceptors (Lipinski definition) is 3. The molecule has 6 heteroatoms. The minimum Gasteiger partial charge on any atom is -0.495 e. The summed E-state index contributed by atoms with van der Waals surface area (Å²) in [7, 11) is 1.22. The molecule has 0 aliphatic heterocycles. The summed E-state index contributed by atoms with van der Waals surface area (Å²) in [6.07, 6.45) is -1.69. The lowest BCUT2D eigenvalue weighted by Gasteiger charge is -2.11. The van der Waals surface area contributed by atoms with Gasteiger partial charge in [0, 0.05) is 0 Å². The lowest BCUT2D eigenvalue weighted by Crippen LogP contribution is -2.06. The van der Waals surface area contributed by atoms with Gasteiger partial charge in [0.05, 0.1) is 30.1 Å². The summed E-state index contributed by atoms with van der Waals surface area (Å²) in [6.45, 7) is 1.43. The van der Waals surface area contributed by atoms with Crippen molar-refractivity contribution < 1.29 is 18.3 Å². The molecule has 0 atom stereocenters. The number of rotatable bonds is 3. The van der Waals surface area contributed by atoms with Gasteiger partial charge in [0.2, 0.25) is 0 Å². The van der Waals surface area contributed by atoms with Crippen LogP contribution in [0.5, 0.6) is 5.75 Å². The third-order valence-electron chi connectivity index (χ3n) is 1.91. The van der Waals surface area contributed by atoms with E-state index in [0.29, 0.717) is 0 Å². The van der Waals surface area contributed by atoms with E-state index < -0.39 is 17.2 Å². The minimum absolute atomic E-state index is 0.139. The van der Waals surface area contributed by atoms with E-state index in [2.05, 4.69) is 4.98 Å². The van der Waals surface area contributed by atoms with Gasteiger partial charge in [0.1, 0.15) is 5.75 Å². The van der Waals surface area contributed by atoms with Gasteiger partial charge in [-0.05, 0) is 18.5 Å². The SMILES string of the molecule is COc1cnc(C)c(C(=O)Cl)c1C(F)F. The highest BCUT2D eigenvalue weighted by molar-refractivity contribution is 6.68. The summed E-state index contributed by atoms with van der Waals surface area (Å²) in [5.41, 5.74) is -0.637. The fourth-order valence-corrected chi connectivity index (χ4v) is 1.47. The molecule has 0 N–H and O–H groups in total. The number of hydrogen-bond donors (Lipinski definition) is 0. The highest BCUT2D eigenvalue weighted by atomic mass is 35.5. The first kappa shape index (κ1) is 11.8. The number of ether oxygens (including phenoxy) is 1. The molecule has 0 aromatic carbocycles. The average molecular weight is 236 g/mol. The van der Waals surface area contributed by atoms with Crippen LogP contribution in [-0.2, 0) is 0 Å². The van der Waals surface area contributed by atoms with Crippen molar-refractivity contribution in [1.29, 1.82) is 0 Å². The van der Waals surface area contributed by atoms with Crippen LogP contribution < -0.4 is 4.74 Å². The predicted molar refractivity (Wildman–Crippen MR) is 50.7 cm³/mol. The van der Waals surface area contributed by atoms with Crippen molar-refractivity contribution >= 4 is 16.8 Å². The zero-order valence-corrected chi connectivity index (χ0v) is 8.81. The van der Waals surface area contributed by atoms with Gasteiger partial charge in [-0.1, -0.05) is 0 Å². The van der Waals surface area contributed by atoms with Crippen LogP contribution in [0.2, 0.25) is 0 Å². The van der Waals surface area contributed by atoms with E-state index in [4.69, 9.17) is 16.3 Å². The first-order valence-electron chi connectivity index (χ1n) is 4.00. The van der Waals surface area contributed by atoms with E-state index >= 15 is 0 Å². The molecule has 82 valence electrons. The summed E-state index contributed by atoms with van der Waals surface area (Å²) in [5.74, 6) is -0.139. The lowest BCUT2D eigenvalue weighted by atomic mass is 10.1. The quantitative estimate of drug-likeness (QED) is 0.756. The Bertz CT molecular complexity index is 396. The lowest BCUT2D eigenvalue weighted by molar-refractivity contribution is 0.106. The molecule has 3 nitrogen and oxygen atoms in total. The Morgan fingerprint density at radius 2 is 2.20 bits per heavy atom. The van der Waals surface area contributed by atoms with Gasteiger partial charge in [-0.15, -0.1) is 0 Å². The van der Waals surface area contributed by atoms with Crippen molar-refractivity contribution in [3.63, 3.8) is 0 Å². The van der Waals surface area contributed by atoms with Crippen LogP contribution in [0.15, 0.2) is 6.20 Å². The van der Waals surface area contributed by atoms with Crippen molar-refractivity contribution in [2.45, 2.75) is 13.3 Å². The Hall–Kier alpha value is -1.23. The van der Waals surface area contributed by atoms with E-state index in [1.807, 2.05) is 0 Å². The Kier molecular flexibility index (Phi) is 3.57. The molecule has 0 aliphatic carbocycles. The number of carbonyl (C=O) groups is 1. The Morgan fingerprint density at radius 3 is 2.60 bits per heavy atom. The van der Waals surface area contributed by atoms with Gasteiger partial charge < -0.3 is 4.74 Å². The second-order valence-electron chi connectivity index (χ2n) is 2.78. The number of pyridine rings is 1. The third kappa shape index (κ3) is 2.23. The van der Waals surface area contributed by atoms with Crippen LogP contribution in [0.4, 0.5) is 8.78 Å². The van der Waals surface area contributed by atoms with Gasteiger partial charge in [-0.3, -0.25) is 9.78 Å². The predicted octanol–water partition coefficient (Wildman–Crippen LogP) is 2.72. The normalized spacial score (nSPS) is 10.5. The van der Waals surface area contributed by atoms with Gasteiger partial charge in [0.25, 0.3) is 11.7 Å². The fraction of sp³-hybridized carbons (Fsp3) is 0.333. The van der Waals surface area contributed by atoms with Crippen LogP contribution in [0.1, 0.15) is 28.0 Å². The number of aromatic nitrogens is 1. The number of nitrogens with zero attached hydrogens (tertiary/aromatic N) is 1. The molecule has 0 bridgehead atoms. The molecule has 0 aliphatic rings. The van der Waals surface area contributed by atoms with E-state index in [1.54, 1.807) is 0 Å². The topological polar surface area (TPSA) is 39.2 Å². The highest BCUT2D eigenvalue weighted by Gasteiger charge is 2.24. The summed E-state index contributed by atoms with van der Waals surface area (Å²) in [5, 5.41) is -0.964. The number of alkyl halides is 2. The highest BCUT2D eigenvalue weighted by Crippen LogP contribution is 2.33. The molecule has 0 fully saturated rings. The molecule has 0 radical (unpaired) electrons. The average Bonchev–Trinajstić information content (AvgIpc) is 2.16. The maximum atomic E-state index is 12.7. The van der Waals surface area contributed by atoms with E-state index in [9.17, 15) is 13.6 Å². The molecular formula is C9H8ClF2NO2. The molecule has 0 spiro atoms. The molecule has 0 amide bonds. The first-order valence-corrected chi connectivity index (χ1v) is 4.38. The molecule has 1 aromatic rings. The third-order valence-corrected chi connectivity index (χ3v) is 2.10. The van der Waals surface area contributed by atoms with Gasteiger partial charge in [0.15, 0.2) is 0 Å². The van der Waals surface area contributed by atoms with Gasteiger partial charge in [-0.25, -0.2) is 8.78 Å². The first-order chi connectivity index (χ1) is 6.99. The van der Waals surface area contributed by atoms with Crippen molar-refractivity contribution in [3.8, 4) is 5.75 Å². The van der Waals surface area contributed by atoms with Crippen LogP contribution in [0.25, 0.3) is 0 Å². The van der Waals surface area contributed by atoms with Crippen molar-refractivity contribution in [3.05, 3.63) is 23.0 Å². The Balaban J connectivity index is 3.51. The molecular weight excluding hydrogens is 228 g/mol. The molecule has 1 aromatic heterocycles. The molecule has 15 heavy (non-hydrogen) atoms. The summed E-state index contributed by atoms with van der Waals surface area (Å²) < 4.78 is 30.1. The number of aryl methyl sites for hydroxylation is 1. The van der Waals surface area contributed by atoms with Crippen LogP contribution >= 0.6 is 11.6 Å². The molecule has 0 saturated heterocycles. The Morgan fingerprint density at radius 1 is 1.60 bits per heavy atom. The standard InChI is InChI=1S/C9H8ClF2NO2/c1-4-6(8(10)14)7(9(11)12)5(15-2)3-13-4/h3,9H,1-2H3. The van der Waals surface area contributed by atoms with Crippen molar-refractivity contribution in [2.75, 3.05) is 7.11 Å². The van der Waals surface area contributed by atoms with E-state index in [1.165, 1.54) is 14.0 Å². The molecule has 0 saturated carbocycles. The van der Waals surface area contributed by atoms with Gasteiger partial charge in [-0.2, -0.15) is 0 Å². The second kappa shape index (κ2) is 4.53. The van der Waals surface area contributed by atoms with E-state index in [-0.39, 0.29) is 17.0 Å². The molecule has 0 unspecified atom stereocenters. The number of methoxy groups -OCH3 is 1. The van der Waals surface area contributed by atoms with Crippen molar-refractivity contribution in [2.24, 2.45) is 0 Å². The zero-order chi connectivity index (χ0) is 11.6. The van der Waals surface area contributed by atoms with Crippen LogP contribution in [0, 0.1) is 6.92 Å². The smallest absolute Gasteiger partial charge is 0.268 e. The molecule has 1 heterocycles. The largest absolute Gasteiger partial charge is 0.495 e. The zero-order valence-electron chi connectivity index (χ0n) is 8.05. The fourth-order valence-electron chi connectivity index (χ4n) is 1.24.